The minimum absolute atomic E-state index is 0.0317. The molecule has 6 heteroatoms. The third-order valence-electron chi connectivity index (χ3n) is 5.97. The quantitative estimate of drug-likeness (QED) is 0.434. The summed E-state index contributed by atoms with van der Waals surface area (Å²) in [5, 5.41) is 9.90. The van der Waals surface area contributed by atoms with E-state index in [9.17, 15) is 13.2 Å². The fourth-order valence-electron chi connectivity index (χ4n) is 4.14. The highest BCUT2D eigenvalue weighted by atomic mass is 32.2. The molecule has 0 radical (unpaired) electrons. The molecule has 0 unspecified atom stereocenters. The van der Waals surface area contributed by atoms with Gasteiger partial charge in [-0.1, -0.05) is 71.9 Å². The highest BCUT2D eigenvalue weighted by molar-refractivity contribution is 7.90. The van der Waals surface area contributed by atoms with Crippen molar-refractivity contribution >= 4 is 26.9 Å². The summed E-state index contributed by atoms with van der Waals surface area (Å²) in [6, 6.07) is 11.4. The standard InChI is InChI=1S/C26H33NO4S/c1-16(2)20-13-22(17(3)4)26(23(14-20)18(5)6)32(30,31)27-15-19(11-12-25(28)29)21-9-7-8-10-24(21)27/h7-10,13-18H,11-12H2,1-6H3,(H,28,29). The van der Waals surface area contributed by atoms with E-state index in [2.05, 4.69) is 13.8 Å². The molecule has 32 heavy (non-hydrogen) atoms. The molecule has 0 bridgehead atoms. The number of aryl methyl sites for hydroxylation is 1. The van der Waals surface area contributed by atoms with Gasteiger partial charge in [0.1, 0.15) is 0 Å². The van der Waals surface area contributed by atoms with E-state index in [1.165, 1.54) is 3.97 Å². The average Bonchev–Trinajstić information content (AvgIpc) is 3.10. The molecule has 0 amide bonds. The number of benzene rings is 2. The third kappa shape index (κ3) is 4.46. The zero-order valence-corrected chi connectivity index (χ0v) is 20.5. The van der Waals surface area contributed by atoms with Crippen molar-refractivity contribution < 1.29 is 18.3 Å². The highest BCUT2D eigenvalue weighted by Crippen LogP contribution is 2.37. The summed E-state index contributed by atoms with van der Waals surface area (Å²) in [6.07, 6.45) is 1.83. The van der Waals surface area contributed by atoms with Crippen molar-refractivity contribution in [3.05, 3.63) is 64.8 Å². The second-order valence-electron chi connectivity index (χ2n) is 9.36. The number of carboxylic acids is 1. The van der Waals surface area contributed by atoms with Crippen molar-refractivity contribution in [2.24, 2.45) is 0 Å². The van der Waals surface area contributed by atoms with E-state index >= 15 is 0 Å². The molecule has 0 aliphatic rings. The van der Waals surface area contributed by atoms with Gasteiger partial charge in [0.25, 0.3) is 10.0 Å². The fraction of sp³-hybridized carbons (Fsp3) is 0.423. The first-order valence-electron chi connectivity index (χ1n) is 11.2. The minimum atomic E-state index is -3.91. The zero-order valence-electron chi connectivity index (χ0n) is 19.7. The summed E-state index contributed by atoms with van der Waals surface area (Å²) in [7, 11) is -3.91. The lowest BCUT2D eigenvalue weighted by molar-refractivity contribution is -0.136. The van der Waals surface area contributed by atoms with Crippen LogP contribution in [0.5, 0.6) is 0 Å². The Kier molecular flexibility index (Phi) is 6.84. The van der Waals surface area contributed by atoms with Crippen LogP contribution in [0.1, 0.15) is 88.0 Å². The molecule has 1 aromatic heterocycles. The number of para-hydroxylation sites is 1. The molecule has 3 rings (SSSR count). The second kappa shape index (κ2) is 9.10. The highest BCUT2D eigenvalue weighted by Gasteiger charge is 2.30. The van der Waals surface area contributed by atoms with Crippen LogP contribution in [-0.2, 0) is 21.2 Å². The molecule has 0 saturated heterocycles. The van der Waals surface area contributed by atoms with Gasteiger partial charge in [-0.15, -0.1) is 0 Å². The normalized spacial score (nSPS) is 12.4. The number of aliphatic carboxylic acids is 1. The topological polar surface area (TPSA) is 76.4 Å². The van der Waals surface area contributed by atoms with E-state index in [0.29, 0.717) is 10.4 Å². The van der Waals surface area contributed by atoms with Gasteiger partial charge in [0.15, 0.2) is 0 Å². The van der Waals surface area contributed by atoms with E-state index in [1.807, 2.05) is 58.0 Å². The Hall–Kier alpha value is -2.60. The first-order chi connectivity index (χ1) is 14.9. The van der Waals surface area contributed by atoms with E-state index in [0.717, 1.165) is 27.6 Å². The maximum atomic E-state index is 14.2. The number of hydrogen-bond donors (Lipinski definition) is 1. The molecule has 0 saturated carbocycles. The van der Waals surface area contributed by atoms with Crippen LogP contribution < -0.4 is 0 Å². The molecule has 172 valence electrons. The van der Waals surface area contributed by atoms with Crippen molar-refractivity contribution in [2.75, 3.05) is 0 Å². The Morgan fingerprint density at radius 3 is 2.00 bits per heavy atom. The number of nitrogens with zero attached hydrogens (tertiary/aromatic N) is 1. The fourth-order valence-corrected chi connectivity index (χ4v) is 6.21. The second-order valence-corrected chi connectivity index (χ2v) is 11.1. The predicted octanol–water partition coefficient (Wildman–Crippen LogP) is 6.27. The van der Waals surface area contributed by atoms with E-state index in [-0.39, 0.29) is 30.6 Å². The predicted molar refractivity (Wildman–Crippen MR) is 129 cm³/mol. The van der Waals surface area contributed by atoms with Crippen LogP contribution >= 0.6 is 0 Å². The van der Waals surface area contributed by atoms with E-state index < -0.39 is 16.0 Å². The maximum absolute atomic E-state index is 14.2. The van der Waals surface area contributed by atoms with Crippen LogP contribution in [0.4, 0.5) is 0 Å². The molecule has 3 aromatic rings. The lowest BCUT2D eigenvalue weighted by atomic mass is 9.89. The number of carbonyl (C=O) groups is 1. The number of aromatic nitrogens is 1. The van der Waals surface area contributed by atoms with Crippen LogP contribution in [-0.4, -0.2) is 23.5 Å². The van der Waals surface area contributed by atoms with Gasteiger partial charge >= 0.3 is 5.97 Å². The molecular formula is C26H33NO4S. The number of fused-ring (bicyclic) bond motifs is 1. The van der Waals surface area contributed by atoms with Gasteiger partial charge in [0.05, 0.1) is 10.4 Å². The minimum Gasteiger partial charge on any atom is -0.481 e. The molecule has 0 fully saturated rings. The molecule has 0 aliphatic carbocycles. The van der Waals surface area contributed by atoms with Crippen LogP contribution in [0, 0.1) is 0 Å². The van der Waals surface area contributed by atoms with Crippen LogP contribution in [0.15, 0.2) is 47.5 Å². The maximum Gasteiger partial charge on any atom is 0.303 e. The van der Waals surface area contributed by atoms with Crippen molar-refractivity contribution in [1.82, 2.24) is 3.97 Å². The van der Waals surface area contributed by atoms with Gasteiger partial charge in [-0.2, -0.15) is 0 Å². The van der Waals surface area contributed by atoms with Gasteiger partial charge in [0, 0.05) is 18.0 Å². The van der Waals surface area contributed by atoms with Crippen molar-refractivity contribution in [2.45, 2.75) is 77.0 Å². The Labute approximate surface area is 191 Å². The van der Waals surface area contributed by atoms with Crippen molar-refractivity contribution in [1.29, 1.82) is 0 Å². The Balaban J connectivity index is 2.34. The first-order valence-corrected chi connectivity index (χ1v) is 12.6. The lowest BCUT2D eigenvalue weighted by Gasteiger charge is -2.23. The summed E-state index contributed by atoms with van der Waals surface area (Å²) >= 11 is 0. The lowest BCUT2D eigenvalue weighted by Crippen LogP contribution is -2.18. The van der Waals surface area contributed by atoms with Crippen molar-refractivity contribution in [3.63, 3.8) is 0 Å². The van der Waals surface area contributed by atoms with Gasteiger partial charge in [0.2, 0.25) is 0 Å². The molecule has 0 atom stereocenters. The summed E-state index contributed by atoms with van der Waals surface area (Å²) in [4.78, 5) is 11.5. The average molecular weight is 456 g/mol. The van der Waals surface area contributed by atoms with Gasteiger partial charge in [-0.3, -0.25) is 4.79 Å². The molecule has 2 aromatic carbocycles. The smallest absolute Gasteiger partial charge is 0.303 e. The van der Waals surface area contributed by atoms with Gasteiger partial charge in [-0.05, 0) is 52.5 Å². The van der Waals surface area contributed by atoms with E-state index in [4.69, 9.17) is 5.11 Å². The Morgan fingerprint density at radius 2 is 1.50 bits per heavy atom. The SMILES string of the molecule is CC(C)c1cc(C(C)C)c(S(=O)(=O)n2cc(CCC(=O)O)c3ccccc32)c(C(C)C)c1. The summed E-state index contributed by atoms with van der Waals surface area (Å²) in [5.74, 6) is -0.552. The zero-order chi connectivity index (χ0) is 23.8. The molecular weight excluding hydrogens is 422 g/mol. The monoisotopic (exact) mass is 455 g/mol. The van der Waals surface area contributed by atoms with Crippen molar-refractivity contribution in [3.8, 4) is 0 Å². The van der Waals surface area contributed by atoms with Gasteiger partial charge in [-0.25, -0.2) is 12.4 Å². The first kappa shape index (κ1) is 24.1. The summed E-state index contributed by atoms with van der Waals surface area (Å²) < 4.78 is 29.7. The molecule has 0 aliphatic heterocycles. The molecule has 1 N–H and O–H groups in total. The summed E-state index contributed by atoms with van der Waals surface area (Å²) in [6.45, 7) is 12.3. The van der Waals surface area contributed by atoms with Gasteiger partial charge < -0.3 is 5.11 Å². The molecule has 1 heterocycles. The van der Waals surface area contributed by atoms with Crippen LogP contribution in [0.3, 0.4) is 0 Å². The third-order valence-corrected chi connectivity index (χ3v) is 7.77. The Morgan fingerprint density at radius 1 is 0.938 bits per heavy atom. The summed E-state index contributed by atoms with van der Waals surface area (Å²) in [5.41, 5.74) is 4.08. The Bertz CT molecular complexity index is 1220. The molecule has 0 spiro atoms. The van der Waals surface area contributed by atoms with Crippen LogP contribution in [0.25, 0.3) is 10.9 Å². The van der Waals surface area contributed by atoms with Crippen LogP contribution in [0.2, 0.25) is 0 Å². The number of hydrogen-bond acceptors (Lipinski definition) is 3. The number of carboxylic acid groups (broad SMARTS) is 1. The largest absolute Gasteiger partial charge is 0.481 e. The van der Waals surface area contributed by atoms with E-state index in [1.54, 1.807) is 12.3 Å². The molecule has 5 nitrogen and oxygen atoms in total. The number of rotatable bonds is 8.